The molecule has 8 heteroatoms. The molecule has 33 heavy (non-hydrogen) atoms. The van der Waals surface area contributed by atoms with Gasteiger partial charge in [0.05, 0.1) is 0 Å². The normalized spacial score (nSPS) is 10.5. The first-order chi connectivity index (χ1) is 16.1. The number of rotatable bonds is 8. The molecule has 1 aromatic heterocycles. The molecular formula is C25H22N4O3S. The number of amides is 2. The fraction of sp³-hybridized carbons (Fsp3) is 0.120. The maximum Gasteiger partial charge on any atom is 0.286 e. The van der Waals surface area contributed by atoms with Crippen LogP contribution < -0.4 is 15.4 Å². The third-order valence-electron chi connectivity index (χ3n) is 4.83. The molecular weight excluding hydrogens is 436 g/mol. The second-order valence-corrected chi connectivity index (χ2v) is 8.31. The van der Waals surface area contributed by atoms with Crippen molar-refractivity contribution < 1.29 is 14.3 Å². The van der Waals surface area contributed by atoms with Gasteiger partial charge >= 0.3 is 0 Å². The lowest BCUT2D eigenvalue weighted by molar-refractivity contribution is 0.0950. The Balaban J connectivity index is 1.28. The molecule has 0 fully saturated rings. The fourth-order valence-electron chi connectivity index (χ4n) is 3.02. The zero-order valence-electron chi connectivity index (χ0n) is 17.9. The van der Waals surface area contributed by atoms with Crippen molar-refractivity contribution in [1.82, 2.24) is 15.5 Å². The van der Waals surface area contributed by atoms with E-state index in [0.717, 1.165) is 16.8 Å². The first-order valence-corrected chi connectivity index (χ1v) is 11.1. The van der Waals surface area contributed by atoms with Crippen LogP contribution in [0.5, 0.6) is 5.75 Å². The number of ether oxygens (including phenoxy) is 1. The zero-order chi connectivity index (χ0) is 23.0. The molecule has 0 aliphatic carbocycles. The minimum Gasteiger partial charge on any atom is -0.486 e. The third-order valence-corrected chi connectivity index (χ3v) is 5.72. The second kappa shape index (κ2) is 10.5. The van der Waals surface area contributed by atoms with E-state index >= 15 is 0 Å². The van der Waals surface area contributed by atoms with Gasteiger partial charge in [-0.2, -0.15) is 0 Å². The number of nitrogens with zero attached hydrogens (tertiary/aromatic N) is 2. The van der Waals surface area contributed by atoms with Gasteiger partial charge in [0.15, 0.2) is 5.01 Å². The lowest BCUT2D eigenvalue weighted by Crippen LogP contribution is -2.22. The summed E-state index contributed by atoms with van der Waals surface area (Å²) in [5.74, 6) is 0.133. The highest BCUT2D eigenvalue weighted by Crippen LogP contribution is 2.19. The Morgan fingerprint density at radius 3 is 2.36 bits per heavy atom. The summed E-state index contributed by atoms with van der Waals surface area (Å²) in [5.41, 5.74) is 3.29. The first kappa shape index (κ1) is 22.2. The SMILES string of the molecule is Cc1ccccc1NC(=O)c1nnc(COc2ccc(C(=O)NCc3ccccc3)cc2)s1. The molecule has 2 N–H and O–H groups in total. The Labute approximate surface area is 195 Å². The van der Waals surface area contributed by atoms with Crippen molar-refractivity contribution in [3.63, 3.8) is 0 Å². The number of carbonyl (C=O) groups is 2. The summed E-state index contributed by atoms with van der Waals surface area (Å²) < 4.78 is 5.73. The molecule has 0 saturated carbocycles. The van der Waals surface area contributed by atoms with Crippen LogP contribution in [0.1, 0.15) is 36.3 Å². The topological polar surface area (TPSA) is 93.2 Å². The van der Waals surface area contributed by atoms with Crippen molar-refractivity contribution in [2.45, 2.75) is 20.1 Å². The Hall–Kier alpha value is -4.04. The van der Waals surface area contributed by atoms with Gasteiger partial charge < -0.3 is 15.4 Å². The molecule has 0 radical (unpaired) electrons. The number of anilines is 1. The number of aromatic nitrogens is 2. The van der Waals surface area contributed by atoms with Gasteiger partial charge in [-0.1, -0.05) is 59.9 Å². The van der Waals surface area contributed by atoms with Gasteiger partial charge in [-0.25, -0.2) is 0 Å². The number of para-hydroxylation sites is 1. The molecule has 2 amide bonds. The maximum absolute atomic E-state index is 12.4. The first-order valence-electron chi connectivity index (χ1n) is 10.3. The largest absolute Gasteiger partial charge is 0.486 e. The van der Waals surface area contributed by atoms with Crippen LogP contribution in [0, 0.1) is 6.92 Å². The summed E-state index contributed by atoms with van der Waals surface area (Å²) in [4.78, 5) is 24.7. The van der Waals surface area contributed by atoms with Crippen LogP contribution >= 0.6 is 11.3 Å². The Morgan fingerprint density at radius 2 is 1.61 bits per heavy atom. The highest BCUT2D eigenvalue weighted by Gasteiger charge is 2.14. The predicted octanol–water partition coefficient (Wildman–Crippen LogP) is 4.61. The van der Waals surface area contributed by atoms with Crippen LogP contribution in [0.2, 0.25) is 0 Å². The molecule has 0 spiro atoms. The number of carbonyl (C=O) groups excluding carboxylic acids is 2. The van der Waals surface area contributed by atoms with Crippen LogP contribution in [-0.2, 0) is 13.2 Å². The summed E-state index contributed by atoms with van der Waals surface area (Å²) in [7, 11) is 0. The minimum atomic E-state index is -0.307. The van der Waals surface area contributed by atoms with Crippen molar-refractivity contribution in [2.24, 2.45) is 0 Å². The van der Waals surface area contributed by atoms with E-state index in [0.29, 0.717) is 22.9 Å². The molecule has 0 saturated heterocycles. The van der Waals surface area contributed by atoms with E-state index < -0.39 is 0 Å². The number of benzene rings is 3. The predicted molar refractivity (Wildman–Crippen MR) is 127 cm³/mol. The van der Waals surface area contributed by atoms with Crippen LogP contribution in [0.15, 0.2) is 78.9 Å². The van der Waals surface area contributed by atoms with Gasteiger partial charge in [0.2, 0.25) is 5.01 Å². The van der Waals surface area contributed by atoms with Crippen molar-refractivity contribution in [3.8, 4) is 5.75 Å². The highest BCUT2D eigenvalue weighted by molar-refractivity contribution is 7.13. The van der Waals surface area contributed by atoms with Gasteiger partial charge in [-0.15, -0.1) is 10.2 Å². The van der Waals surface area contributed by atoms with Crippen LogP contribution in [-0.4, -0.2) is 22.0 Å². The van der Waals surface area contributed by atoms with E-state index in [1.165, 1.54) is 11.3 Å². The summed E-state index contributed by atoms with van der Waals surface area (Å²) in [6, 6.07) is 24.1. The third kappa shape index (κ3) is 6.02. The van der Waals surface area contributed by atoms with Crippen LogP contribution in [0.3, 0.4) is 0 Å². The number of hydrogen-bond donors (Lipinski definition) is 2. The van der Waals surface area contributed by atoms with E-state index in [-0.39, 0.29) is 23.4 Å². The minimum absolute atomic E-state index is 0.154. The summed E-state index contributed by atoms with van der Waals surface area (Å²) in [5, 5.41) is 14.6. The van der Waals surface area contributed by atoms with E-state index in [2.05, 4.69) is 20.8 Å². The average molecular weight is 459 g/mol. The van der Waals surface area contributed by atoms with Gasteiger partial charge in [-0.3, -0.25) is 9.59 Å². The van der Waals surface area contributed by atoms with Crippen LogP contribution in [0.25, 0.3) is 0 Å². The number of hydrogen-bond acceptors (Lipinski definition) is 6. The molecule has 4 rings (SSSR count). The average Bonchev–Trinajstić information content (AvgIpc) is 3.33. The molecule has 0 atom stereocenters. The zero-order valence-corrected chi connectivity index (χ0v) is 18.8. The van der Waals surface area contributed by atoms with Crippen molar-refractivity contribution in [2.75, 3.05) is 5.32 Å². The van der Waals surface area contributed by atoms with Crippen LogP contribution in [0.4, 0.5) is 5.69 Å². The van der Waals surface area contributed by atoms with E-state index in [4.69, 9.17) is 4.74 Å². The quantitative estimate of drug-likeness (QED) is 0.402. The molecule has 1 heterocycles. The monoisotopic (exact) mass is 458 g/mol. The molecule has 7 nitrogen and oxygen atoms in total. The Morgan fingerprint density at radius 1 is 0.879 bits per heavy atom. The summed E-state index contributed by atoms with van der Waals surface area (Å²) in [6.07, 6.45) is 0. The fourth-order valence-corrected chi connectivity index (χ4v) is 3.67. The van der Waals surface area contributed by atoms with Gasteiger partial charge in [0.1, 0.15) is 12.4 Å². The van der Waals surface area contributed by atoms with E-state index in [9.17, 15) is 9.59 Å². The van der Waals surface area contributed by atoms with Crippen molar-refractivity contribution in [1.29, 1.82) is 0 Å². The summed E-state index contributed by atoms with van der Waals surface area (Å²) >= 11 is 1.17. The molecule has 0 unspecified atom stereocenters. The number of aryl methyl sites for hydroxylation is 1. The molecule has 3 aromatic carbocycles. The van der Waals surface area contributed by atoms with Crippen molar-refractivity contribution in [3.05, 3.63) is 106 Å². The standard InChI is InChI=1S/C25H22N4O3S/c1-17-7-5-6-10-21(17)27-24(31)25-29-28-22(33-25)16-32-20-13-11-19(12-14-20)23(30)26-15-18-8-3-2-4-9-18/h2-14H,15-16H2,1H3,(H,26,30)(H,27,31). The van der Waals surface area contributed by atoms with Gasteiger partial charge in [-0.05, 0) is 48.4 Å². The maximum atomic E-state index is 12.4. The lowest BCUT2D eigenvalue weighted by atomic mass is 10.2. The molecule has 166 valence electrons. The Bertz CT molecular complexity index is 1240. The lowest BCUT2D eigenvalue weighted by Gasteiger charge is -2.07. The van der Waals surface area contributed by atoms with Crippen molar-refractivity contribution >= 4 is 28.8 Å². The molecule has 4 aromatic rings. The molecule has 0 aliphatic rings. The van der Waals surface area contributed by atoms with E-state index in [1.807, 2.05) is 61.5 Å². The summed E-state index contributed by atoms with van der Waals surface area (Å²) in [6.45, 7) is 2.57. The smallest absolute Gasteiger partial charge is 0.286 e. The molecule has 0 bridgehead atoms. The van der Waals surface area contributed by atoms with Gasteiger partial charge in [0.25, 0.3) is 11.8 Å². The van der Waals surface area contributed by atoms with Gasteiger partial charge in [0, 0.05) is 17.8 Å². The molecule has 0 aliphatic heterocycles. The highest BCUT2D eigenvalue weighted by atomic mass is 32.1. The number of nitrogens with one attached hydrogen (secondary N) is 2. The van der Waals surface area contributed by atoms with E-state index in [1.54, 1.807) is 24.3 Å². The Kier molecular flexibility index (Phi) is 7.06. The second-order valence-electron chi connectivity index (χ2n) is 7.25.